The first kappa shape index (κ1) is 17.0. The van der Waals surface area contributed by atoms with E-state index in [1.807, 2.05) is 0 Å². The molecule has 1 aliphatic rings. The Morgan fingerprint density at radius 1 is 1.38 bits per heavy atom. The number of halogens is 5. The van der Waals surface area contributed by atoms with Gasteiger partial charge in [0.15, 0.2) is 5.60 Å². The third-order valence-electron chi connectivity index (χ3n) is 3.22. The Kier molecular flexibility index (Phi) is 4.36. The van der Waals surface area contributed by atoms with E-state index < -0.39 is 40.7 Å². The summed E-state index contributed by atoms with van der Waals surface area (Å²) in [6, 6.07) is 2.91. The van der Waals surface area contributed by atoms with Crippen molar-refractivity contribution >= 4 is 37.6 Å². The lowest BCUT2D eigenvalue weighted by molar-refractivity contribution is -0.290. The van der Waals surface area contributed by atoms with E-state index in [-0.39, 0.29) is 9.92 Å². The lowest BCUT2D eigenvalue weighted by atomic mass is 9.76. The first-order valence-corrected chi connectivity index (χ1v) is 8.36. The molecule has 2 rings (SSSR count). The van der Waals surface area contributed by atoms with E-state index in [1.54, 1.807) is 0 Å². The van der Waals surface area contributed by atoms with Gasteiger partial charge >= 0.3 is 6.18 Å². The van der Waals surface area contributed by atoms with Gasteiger partial charge in [-0.2, -0.15) is 13.2 Å². The van der Waals surface area contributed by atoms with Crippen LogP contribution in [-0.2, 0) is 10.0 Å². The van der Waals surface area contributed by atoms with E-state index in [0.29, 0.717) is 4.47 Å². The van der Waals surface area contributed by atoms with Crippen LogP contribution in [0.2, 0.25) is 5.02 Å². The van der Waals surface area contributed by atoms with E-state index in [4.69, 9.17) is 11.6 Å². The molecule has 1 fully saturated rings. The van der Waals surface area contributed by atoms with Gasteiger partial charge in [0.25, 0.3) is 0 Å². The minimum Gasteiger partial charge on any atom is -0.380 e. The van der Waals surface area contributed by atoms with Crippen LogP contribution < -0.4 is 4.72 Å². The maximum Gasteiger partial charge on any atom is 0.417 e. The van der Waals surface area contributed by atoms with E-state index in [0.717, 1.165) is 0 Å². The fourth-order valence-corrected chi connectivity index (χ4v) is 3.76. The molecule has 0 heterocycles. The van der Waals surface area contributed by atoms with Gasteiger partial charge in [-0.05, 0) is 34.1 Å². The molecule has 10 heteroatoms. The van der Waals surface area contributed by atoms with Crippen LogP contribution in [0.15, 0.2) is 27.6 Å². The minimum absolute atomic E-state index is 0.154. The molecule has 1 aliphatic carbocycles. The van der Waals surface area contributed by atoms with Crippen molar-refractivity contribution in [3.63, 3.8) is 0 Å². The highest BCUT2D eigenvalue weighted by molar-refractivity contribution is 9.10. The Bertz CT molecular complexity index is 659. The van der Waals surface area contributed by atoms with Gasteiger partial charge in [0.2, 0.25) is 10.0 Å². The van der Waals surface area contributed by atoms with Gasteiger partial charge in [-0.3, -0.25) is 0 Å². The average molecular weight is 409 g/mol. The summed E-state index contributed by atoms with van der Waals surface area (Å²) in [4.78, 5) is -0.154. The number of rotatable bonds is 3. The second-order valence-corrected chi connectivity index (χ2v) is 7.81. The van der Waals surface area contributed by atoms with Crippen LogP contribution in [0.3, 0.4) is 0 Å². The normalized spacial score (nSPS) is 26.5. The SMILES string of the molecule is O=S(=O)(N[C@H]1C[C@](O)(C(F)(F)F)C1)c1ccc(Br)c(Cl)c1. The summed E-state index contributed by atoms with van der Waals surface area (Å²) >= 11 is 8.88. The van der Waals surface area contributed by atoms with Gasteiger partial charge in [-0.15, -0.1) is 0 Å². The maximum atomic E-state index is 12.5. The highest BCUT2D eigenvalue weighted by atomic mass is 79.9. The van der Waals surface area contributed by atoms with Crippen LogP contribution >= 0.6 is 27.5 Å². The van der Waals surface area contributed by atoms with Crippen molar-refractivity contribution in [2.75, 3.05) is 0 Å². The van der Waals surface area contributed by atoms with Crippen LogP contribution in [0.25, 0.3) is 0 Å². The summed E-state index contributed by atoms with van der Waals surface area (Å²) in [7, 11) is -3.99. The number of aliphatic hydroxyl groups is 1. The smallest absolute Gasteiger partial charge is 0.380 e. The Balaban J connectivity index is 2.09. The molecule has 0 atom stereocenters. The third kappa shape index (κ3) is 3.37. The third-order valence-corrected chi connectivity index (χ3v) is 5.97. The quantitative estimate of drug-likeness (QED) is 0.808. The van der Waals surface area contributed by atoms with Crippen molar-refractivity contribution in [1.29, 1.82) is 0 Å². The van der Waals surface area contributed by atoms with Crippen molar-refractivity contribution in [3.8, 4) is 0 Å². The lowest BCUT2D eigenvalue weighted by Gasteiger charge is -2.44. The van der Waals surface area contributed by atoms with Gasteiger partial charge in [0.1, 0.15) is 0 Å². The number of benzene rings is 1. The summed E-state index contributed by atoms with van der Waals surface area (Å²) in [5.41, 5.74) is -2.82. The molecule has 1 saturated carbocycles. The summed E-state index contributed by atoms with van der Waals surface area (Å²) in [5, 5.41) is 9.44. The van der Waals surface area contributed by atoms with Gasteiger partial charge in [0.05, 0.1) is 9.92 Å². The zero-order chi connectivity index (χ0) is 16.1. The molecule has 118 valence electrons. The molecule has 4 nitrogen and oxygen atoms in total. The predicted molar refractivity (Wildman–Crippen MR) is 73.5 cm³/mol. The highest BCUT2D eigenvalue weighted by Gasteiger charge is 2.61. The minimum atomic E-state index is -4.77. The summed E-state index contributed by atoms with van der Waals surface area (Å²) in [6.45, 7) is 0. The van der Waals surface area contributed by atoms with Crippen LogP contribution in [0.4, 0.5) is 13.2 Å². The summed E-state index contributed by atoms with van der Waals surface area (Å²) < 4.78 is 64.0. The Labute approximate surface area is 132 Å². The molecule has 1 aromatic rings. The van der Waals surface area contributed by atoms with Crippen molar-refractivity contribution < 1.29 is 26.7 Å². The number of nitrogens with one attached hydrogen (secondary N) is 1. The Morgan fingerprint density at radius 2 is 1.95 bits per heavy atom. The maximum absolute atomic E-state index is 12.5. The fraction of sp³-hybridized carbons (Fsp3) is 0.455. The zero-order valence-corrected chi connectivity index (χ0v) is 13.4. The first-order valence-electron chi connectivity index (χ1n) is 5.71. The van der Waals surface area contributed by atoms with Crippen LogP contribution in [0, 0.1) is 0 Å². The standard InChI is InChI=1S/C11H10BrClF3NO3S/c12-8-2-1-7(3-9(8)13)21(19,20)17-6-4-10(18,5-6)11(14,15)16/h1-3,6,17-18H,4-5H2/t6-,10+. The van der Waals surface area contributed by atoms with Gasteiger partial charge in [0, 0.05) is 23.4 Å². The first-order chi connectivity index (χ1) is 9.45. The molecule has 0 aliphatic heterocycles. The van der Waals surface area contributed by atoms with Crippen LogP contribution in [0.1, 0.15) is 12.8 Å². The Hall–Kier alpha value is -0.350. The molecule has 0 saturated heterocycles. The van der Waals surface area contributed by atoms with Crippen LogP contribution in [0.5, 0.6) is 0 Å². The summed E-state index contributed by atoms with van der Waals surface area (Å²) in [5.74, 6) is 0. The molecular weight excluding hydrogens is 399 g/mol. The summed E-state index contributed by atoms with van der Waals surface area (Å²) in [6.07, 6.45) is -6.18. The van der Waals surface area contributed by atoms with Crippen LogP contribution in [-0.4, -0.2) is 31.3 Å². The number of alkyl halides is 3. The second kappa shape index (κ2) is 5.38. The van der Waals surface area contributed by atoms with E-state index in [1.165, 1.54) is 18.2 Å². The number of hydrogen-bond acceptors (Lipinski definition) is 3. The molecule has 0 unspecified atom stereocenters. The molecule has 0 bridgehead atoms. The van der Waals surface area contributed by atoms with Gasteiger partial charge in [-0.1, -0.05) is 11.6 Å². The molecular formula is C11H10BrClF3NO3S. The van der Waals surface area contributed by atoms with E-state index in [9.17, 15) is 26.7 Å². The van der Waals surface area contributed by atoms with Crippen molar-refractivity contribution in [1.82, 2.24) is 4.72 Å². The topological polar surface area (TPSA) is 66.4 Å². The highest BCUT2D eigenvalue weighted by Crippen LogP contribution is 2.45. The average Bonchev–Trinajstić information content (AvgIpc) is 2.28. The molecule has 2 N–H and O–H groups in total. The largest absolute Gasteiger partial charge is 0.417 e. The number of hydrogen-bond donors (Lipinski definition) is 2. The van der Waals surface area contributed by atoms with Gasteiger partial charge in [-0.25, -0.2) is 13.1 Å². The van der Waals surface area contributed by atoms with Gasteiger partial charge < -0.3 is 5.11 Å². The molecule has 21 heavy (non-hydrogen) atoms. The van der Waals surface area contributed by atoms with E-state index in [2.05, 4.69) is 20.7 Å². The zero-order valence-electron chi connectivity index (χ0n) is 10.3. The molecule has 0 amide bonds. The lowest BCUT2D eigenvalue weighted by Crippen LogP contribution is -2.62. The number of sulfonamides is 1. The molecule has 0 radical (unpaired) electrons. The second-order valence-electron chi connectivity index (χ2n) is 4.83. The van der Waals surface area contributed by atoms with Crippen molar-refractivity contribution in [2.45, 2.75) is 35.6 Å². The molecule has 1 aromatic carbocycles. The van der Waals surface area contributed by atoms with Crippen molar-refractivity contribution in [2.24, 2.45) is 0 Å². The predicted octanol–water partition coefficient (Wildman–Crippen LogP) is 2.84. The van der Waals surface area contributed by atoms with Crippen molar-refractivity contribution in [3.05, 3.63) is 27.7 Å². The monoisotopic (exact) mass is 407 g/mol. The fourth-order valence-electron chi connectivity index (χ4n) is 2.00. The molecule has 0 aromatic heterocycles. The molecule has 0 spiro atoms. The van der Waals surface area contributed by atoms with E-state index >= 15 is 0 Å². The Morgan fingerprint density at radius 3 is 2.43 bits per heavy atom.